The first kappa shape index (κ1) is 29.8. The van der Waals surface area contributed by atoms with Crippen molar-refractivity contribution in [1.29, 1.82) is 5.26 Å². The molecule has 3 aromatic rings. The highest BCUT2D eigenvalue weighted by atomic mass is 16.6. The first-order chi connectivity index (χ1) is 18.9. The minimum Gasteiger partial charge on any atom is -0.457 e. The summed E-state index contributed by atoms with van der Waals surface area (Å²) in [6.07, 6.45) is -4.04. The molecular formula is C25H29N7O8. The molecule has 0 unspecified atom stereocenters. The standard InChI is InChI=1S/C25H29N7O8/c1-13-9-18-19(10-14(13)2)32(25(36)22(27-18)24-28-29-30-31(24)6)11-20(38-15(3)33)23(40-17(5)35)21(39-16(4)34)12-37-8-7-26/h9-10,20-21,23H,8,11-12H2,1-6H3/t20-,21+,23-/m0/s1. The third-order valence-electron chi connectivity index (χ3n) is 5.87. The number of carbonyl (C=O) groups excluding carboxylic acids is 3. The number of esters is 3. The number of tetrazole rings is 1. The van der Waals surface area contributed by atoms with E-state index in [0.29, 0.717) is 11.0 Å². The normalized spacial score (nSPS) is 13.2. The predicted molar refractivity (Wildman–Crippen MR) is 136 cm³/mol. The number of hydrogen-bond donors (Lipinski definition) is 0. The van der Waals surface area contributed by atoms with E-state index in [1.165, 1.54) is 9.25 Å². The number of benzene rings is 1. The molecule has 0 fully saturated rings. The van der Waals surface area contributed by atoms with Gasteiger partial charge in [-0.3, -0.25) is 19.2 Å². The molecule has 0 aliphatic heterocycles. The van der Waals surface area contributed by atoms with Crippen LogP contribution in [0.15, 0.2) is 16.9 Å². The monoisotopic (exact) mass is 555 g/mol. The van der Waals surface area contributed by atoms with E-state index < -0.39 is 41.8 Å². The van der Waals surface area contributed by atoms with Gasteiger partial charge in [-0.05, 0) is 47.5 Å². The third-order valence-corrected chi connectivity index (χ3v) is 5.87. The number of nitriles is 1. The van der Waals surface area contributed by atoms with E-state index in [1.54, 1.807) is 25.2 Å². The van der Waals surface area contributed by atoms with Crippen LogP contribution < -0.4 is 5.56 Å². The average molecular weight is 556 g/mol. The van der Waals surface area contributed by atoms with E-state index >= 15 is 0 Å². The molecular weight excluding hydrogens is 526 g/mol. The summed E-state index contributed by atoms with van der Waals surface area (Å²) in [6, 6.07) is 5.33. The maximum absolute atomic E-state index is 13.9. The number of ether oxygens (including phenoxy) is 4. The van der Waals surface area contributed by atoms with Crippen LogP contribution in [-0.4, -0.2) is 79.2 Å². The Morgan fingerprint density at radius 1 is 1.00 bits per heavy atom. The molecule has 0 radical (unpaired) electrons. The summed E-state index contributed by atoms with van der Waals surface area (Å²) < 4.78 is 24.2. The molecule has 3 atom stereocenters. The van der Waals surface area contributed by atoms with Gasteiger partial charge in [0, 0.05) is 27.8 Å². The summed E-state index contributed by atoms with van der Waals surface area (Å²) in [6.45, 7) is 6.11. The molecule has 212 valence electrons. The molecule has 0 bridgehead atoms. The Hall–Kier alpha value is -4.71. The molecule has 1 aromatic carbocycles. The van der Waals surface area contributed by atoms with Gasteiger partial charge in [0.15, 0.2) is 24.0 Å². The van der Waals surface area contributed by atoms with Gasteiger partial charge in [0.25, 0.3) is 5.56 Å². The maximum atomic E-state index is 13.9. The Morgan fingerprint density at radius 3 is 2.20 bits per heavy atom. The second-order valence-corrected chi connectivity index (χ2v) is 8.97. The number of hydrogen-bond acceptors (Lipinski definition) is 13. The summed E-state index contributed by atoms with van der Waals surface area (Å²) in [5.41, 5.74) is 1.92. The maximum Gasteiger partial charge on any atom is 0.303 e. The van der Waals surface area contributed by atoms with Crippen molar-refractivity contribution in [3.8, 4) is 17.6 Å². The fourth-order valence-corrected chi connectivity index (χ4v) is 4.07. The number of rotatable bonds is 11. The van der Waals surface area contributed by atoms with Crippen molar-refractivity contribution in [1.82, 2.24) is 29.8 Å². The summed E-state index contributed by atoms with van der Waals surface area (Å²) >= 11 is 0. The van der Waals surface area contributed by atoms with Crippen LogP contribution in [0.2, 0.25) is 0 Å². The first-order valence-corrected chi connectivity index (χ1v) is 12.1. The van der Waals surface area contributed by atoms with Crippen LogP contribution in [0.3, 0.4) is 0 Å². The Bertz CT molecular complexity index is 1520. The molecule has 0 aliphatic carbocycles. The van der Waals surface area contributed by atoms with Crippen molar-refractivity contribution in [3.05, 3.63) is 33.6 Å². The zero-order valence-corrected chi connectivity index (χ0v) is 22.9. The molecule has 0 aliphatic rings. The first-order valence-electron chi connectivity index (χ1n) is 12.1. The van der Waals surface area contributed by atoms with Crippen molar-refractivity contribution in [3.63, 3.8) is 0 Å². The van der Waals surface area contributed by atoms with Crippen molar-refractivity contribution in [2.45, 2.75) is 59.5 Å². The third kappa shape index (κ3) is 7.03. The smallest absolute Gasteiger partial charge is 0.303 e. The molecule has 3 rings (SSSR count). The molecule has 15 heteroatoms. The number of aromatic nitrogens is 6. The Balaban J connectivity index is 2.24. The minimum absolute atomic E-state index is 0.0669. The molecule has 0 amide bonds. The van der Waals surface area contributed by atoms with Gasteiger partial charge in [-0.25, -0.2) is 9.67 Å². The summed E-state index contributed by atoms with van der Waals surface area (Å²) in [5, 5.41) is 20.1. The van der Waals surface area contributed by atoms with E-state index in [4.69, 9.17) is 24.2 Å². The number of nitrogens with zero attached hydrogens (tertiary/aromatic N) is 7. The predicted octanol–water partition coefficient (Wildman–Crippen LogP) is 0.539. The number of carbonyl (C=O) groups is 3. The highest BCUT2D eigenvalue weighted by Crippen LogP contribution is 2.22. The van der Waals surface area contributed by atoms with Gasteiger partial charge in [0.05, 0.1) is 30.3 Å². The van der Waals surface area contributed by atoms with Crippen LogP contribution in [0.25, 0.3) is 22.6 Å². The average Bonchev–Trinajstić information content (AvgIpc) is 3.29. The molecule has 0 saturated heterocycles. The molecule has 2 aromatic heterocycles. The molecule has 0 N–H and O–H groups in total. The lowest BCUT2D eigenvalue weighted by atomic mass is 10.1. The van der Waals surface area contributed by atoms with Crippen LogP contribution in [0.1, 0.15) is 31.9 Å². The summed E-state index contributed by atoms with van der Waals surface area (Å²) in [4.78, 5) is 54.6. The fraction of sp³-hybridized carbons (Fsp3) is 0.480. The van der Waals surface area contributed by atoms with E-state index in [1.807, 2.05) is 13.8 Å². The highest BCUT2D eigenvalue weighted by molar-refractivity contribution is 5.79. The van der Waals surface area contributed by atoms with Crippen molar-refractivity contribution < 1.29 is 33.3 Å². The number of fused-ring (bicyclic) bond motifs is 1. The number of aryl methyl sites for hydroxylation is 3. The molecule has 2 heterocycles. The lowest BCUT2D eigenvalue weighted by Crippen LogP contribution is -2.49. The molecule has 0 saturated carbocycles. The topological polar surface area (TPSA) is 190 Å². The van der Waals surface area contributed by atoms with Gasteiger partial charge in [-0.15, -0.1) is 5.10 Å². The van der Waals surface area contributed by atoms with Crippen LogP contribution in [0.5, 0.6) is 0 Å². The zero-order valence-electron chi connectivity index (χ0n) is 22.9. The summed E-state index contributed by atoms with van der Waals surface area (Å²) in [7, 11) is 1.55. The SMILES string of the molecule is CC(=O)O[C@@H]([C@H](Cn1c(=O)c(-c2nnnn2C)nc2cc(C)c(C)cc21)OC(C)=O)[C@@H](COCC#N)OC(C)=O. The highest BCUT2D eigenvalue weighted by Gasteiger charge is 2.38. The van der Waals surface area contributed by atoms with Gasteiger partial charge in [0.1, 0.15) is 6.61 Å². The van der Waals surface area contributed by atoms with Gasteiger partial charge >= 0.3 is 17.9 Å². The quantitative estimate of drug-likeness (QED) is 0.181. The van der Waals surface area contributed by atoms with Gasteiger partial charge in [-0.2, -0.15) is 5.26 Å². The lowest BCUT2D eigenvalue weighted by molar-refractivity contribution is -0.188. The molecule has 0 spiro atoms. The van der Waals surface area contributed by atoms with Gasteiger partial charge in [-0.1, -0.05) is 0 Å². The van der Waals surface area contributed by atoms with Crippen LogP contribution >= 0.6 is 0 Å². The molecule has 15 nitrogen and oxygen atoms in total. The van der Waals surface area contributed by atoms with Crippen molar-refractivity contribution in [2.75, 3.05) is 13.2 Å². The second kappa shape index (κ2) is 12.9. The zero-order chi connectivity index (χ0) is 29.6. The Kier molecular flexibility index (Phi) is 9.62. The Morgan fingerprint density at radius 2 is 1.62 bits per heavy atom. The van der Waals surface area contributed by atoms with Crippen LogP contribution in [-0.2, 0) is 46.9 Å². The van der Waals surface area contributed by atoms with Crippen molar-refractivity contribution >= 4 is 28.9 Å². The van der Waals surface area contributed by atoms with Crippen molar-refractivity contribution in [2.24, 2.45) is 7.05 Å². The van der Waals surface area contributed by atoms with E-state index in [0.717, 1.165) is 31.9 Å². The Labute approximate surface area is 228 Å². The van der Waals surface area contributed by atoms with E-state index in [-0.39, 0.29) is 31.3 Å². The largest absolute Gasteiger partial charge is 0.457 e. The fourth-order valence-electron chi connectivity index (χ4n) is 4.07. The minimum atomic E-state index is -1.41. The van der Waals surface area contributed by atoms with Gasteiger partial charge < -0.3 is 23.5 Å². The lowest BCUT2D eigenvalue weighted by Gasteiger charge is -2.32. The molecule has 40 heavy (non-hydrogen) atoms. The second-order valence-electron chi connectivity index (χ2n) is 8.97. The van der Waals surface area contributed by atoms with Gasteiger partial charge in [0.2, 0.25) is 5.82 Å². The van der Waals surface area contributed by atoms with Crippen LogP contribution in [0, 0.1) is 25.2 Å². The van der Waals surface area contributed by atoms with E-state index in [9.17, 15) is 19.2 Å². The van der Waals surface area contributed by atoms with Crippen LogP contribution in [0.4, 0.5) is 0 Å². The summed E-state index contributed by atoms with van der Waals surface area (Å²) in [5.74, 6) is -2.16. The van der Waals surface area contributed by atoms with E-state index in [2.05, 4.69) is 20.5 Å².